The highest BCUT2D eigenvalue weighted by Crippen LogP contribution is 2.29. The molecule has 1 aromatic heterocycles. The third kappa shape index (κ3) is 4.82. The maximum atomic E-state index is 11.8. The minimum atomic E-state index is -4.27. The van der Waals surface area contributed by atoms with Gasteiger partial charge < -0.3 is 10.5 Å². The fourth-order valence-corrected chi connectivity index (χ4v) is 2.80. The van der Waals surface area contributed by atoms with E-state index in [-0.39, 0.29) is 12.6 Å². The fraction of sp³-hybridized carbons (Fsp3) is 0.556. The molecule has 0 spiro atoms. The van der Waals surface area contributed by atoms with Crippen molar-refractivity contribution < 1.29 is 17.9 Å². The Bertz CT molecular complexity index is 329. The van der Waals surface area contributed by atoms with Gasteiger partial charge in [0.15, 0.2) is 0 Å². The molecule has 1 rings (SSSR count). The van der Waals surface area contributed by atoms with Gasteiger partial charge in [-0.2, -0.15) is 13.2 Å². The van der Waals surface area contributed by atoms with Crippen molar-refractivity contribution in [1.82, 2.24) is 0 Å². The number of alkyl halides is 3. The lowest BCUT2D eigenvalue weighted by molar-refractivity contribution is -0.174. The molecule has 0 bridgehead atoms. The number of hydrogen-bond donors (Lipinski definition) is 1. The van der Waals surface area contributed by atoms with Gasteiger partial charge in [0.25, 0.3) is 0 Å². The van der Waals surface area contributed by atoms with E-state index in [4.69, 9.17) is 5.73 Å². The molecule has 92 valence electrons. The van der Waals surface area contributed by atoms with Crippen molar-refractivity contribution in [2.24, 2.45) is 5.73 Å². The van der Waals surface area contributed by atoms with Gasteiger partial charge >= 0.3 is 6.18 Å². The molecule has 16 heavy (non-hydrogen) atoms. The van der Waals surface area contributed by atoms with E-state index in [1.807, 2.05) is 11.4 Å². The first-order valence-corrected chi connectivity index (χ1v) is 6.20. The van der Waals surface area contributed by atoms with E-state index in [0.717, 1.165) is 9.35 Å². The Morgan fingerprint density at radius 1 is 1.50 bits per heavy atom. The zero-order chi connectivity index (χ0) is 12.2. The zero-order valence-electron chi connectivity index (χ0n) is 8.26. The lowest BCUT2D eigenvalue weighted by atomic mass is 10.2. The Labute approximate surface area is 104 Å². The van der Waals surface area contributed by atoms with Gasteiger partial charge in [0, 0.05) is 22.0 Å². The van der Waals surface area contributed by atoms with E-state index < -0.39 is 12.8 Å². The molecule has 0 aromatic carbocycles. The average Bonchev–Trinajstić information content (AvgIpc) is 2.57. The molecule has 0 saturated carbocycles. The van der Waals surface area contributed by atoms with Crippen LogP contribution in [0.2, 0.25) is 0 Å². The Hall–Kier alpha value is -0.110. The second-order valence-electron chi connectivity index (χ2n) is 3.20. The molecule has 2 N–H and O–H groups in total. The predicted octanol–water partition coefficient (Wildman–Crippen LogP) is 3.48. The predicted molar refractivity (Wildman–Crippen MR) is 60.4 cm³/mol. The van der Waals surface area contributed by atoms with Gasteiger partial charge in [-0.3, -0.25) is 0 Å². The number of hydrogen-bond acceptors (Lipinski definition) is 3. The lowest BCUT2D eigenvalue weighted by Crippen LogP contribution is -2.19. The van der Waals surface area contributed by atoms with Crippen LogP contribution in [0.5, 0.6) is 0 Å². The normalized spacial score (nSPS) is 14.1. The summed E-state index contributed by atoms with van der Waals surface area (Å²) in [5, 5.41) is 1.87. The van der Waals surface area contributed by atoms with Crippen molar-refractivity contribution in [1.29, 1.82) is 0 Å². The minimum Gasteiger partial charge on any atom is -0.372 e. The maximum Gasteiger partial charge on any atom is 0.411 e. The van der Waals surface area contributed by atoms with E-state index in [1.54, 1.807) is 0 Å². The minimum absolute atomic E-state index is 0.00498. The third-order valence-electron chi connectivity index (χ3n) is 1.82. The van der Waals surface area contributed by atoms with Crippen molar-refractivity contribution in [2.45, 2.75) is 18.6 Å². The summed E-state index contributed by atoms with van der Waals surface area (Å²) in [6, 6.07) is 1.57. The first-order valence-electron chi connectivity index (χ1n) is 4.53. The second kappa shape index (κ2) is 6.00. The molecule has 0 aliphatic heterocycles. The number of ether oxygens (including phenoxy) is 1. The van der Waals surface area contributed by atoms with Gasteiger partial charge in [-0.05, 0) is 33.8 Å². The smallest absolute Gasteiger partial charge is 0.372 e. The molecule has 1 atom stereocenters. The fourth-order valence-electron chi connectivity index (χ4n) is 1.10. The highest BCUT2D eigenvalue weighted by atomic mass is 79.9. The number of halogens is 4. The number of rotatable bonds is 5. The van der Waals surface area contributed by atoms with Gasteiger partial charge in [0.2, 0.25) is 0 Å². The highest BCUT2D eigenvalue weighted by molar-refractivity contribution is 9.10. The van der Waals surface area contributed by atoms with E-state index >= 15 is 0 Å². The summed E-state index contributed by atoms with van der Waals surface area (Å²) in [5.74, 6) is 0. The van der Waals surface area contributed by atoms with E-state index in [9.17, 15) is 13.2 Å². The van der Waals surface area contributed by atoms with Gasteiger partial charge in [-0.15, -0.1) is 11.3 Å². The largest absolute Gasteiger partial charge is 0.411 e. The molecule has 1 unspecified atom stereocenters. The summed E-state index contributed by atoms with van der Waals surface area (Å²) in [6.45, 7) is -1.21. The Kier molecular flexibility index (Phi) is 5.23. The lowest BCUT2D eigenvalue weighted by Gasteiger charge is -2.12. The summed E-state index contributed by atoms with van der Waals surface area (Å²) < 4.78 is 40.6. The van der Waals surface area contributed by atoms with Crippen LogP contribution in [0.1, 0.15) is 17.3 Å². The zero-order valence-corrected chi connectivity index (χ0v) is 10.7. The standard InChI is InChI=1S/C9H11BrF3NOS/c10-6-2-4-16-8(6)7(14)1-3-15-5-9(11,12)13/h2,4,7H,1,3,5,14H2. The molecule has 0 aliphatic carbocycles. The molecule has 0 saturated heterocycles. The molecule has 0 amide bonds. The molecule has 0 aliphatic rings. The van der Waals surface area contributed by atoms with Crippen LogP contribution in [0.3, 0.4) is 0 Å². The van der Waals surface area contributed by atoms with Crippen LogP contribution in [-0.4, -0.2) is 19.4 Å². The average molecular weight is 318 g/mol. The van der Waals surface area contributed by atoms with Crippen LogP contribution < -0.4 is 5.73 Å². The summed E-state index contributed by atoms with van der Waals surface area (Å²) in [5.41, 5.74) is 5.81. The van der Waals surface area contributed by atoms with Crippen molar-refractivity contribution >= 4 is 27.3 Å². The Morgan fingerprint density at radius 2 is 2.19 bits per heavy atom. The topological polar surface area (TPSA) is 35.2 Å². The van der Waals surface area contributed by atoms with Crippen LogP contribution >= 0.6 is 27.3 Å². The summed E-state index contributed by atoms with van der Waals surface area (Å²) in [6.07, 6.45) is -3.90. The second-order valence-corrected chi connectivity index (χ2v) is 5.00. The van der Waals surface area contributed by atoms with Gasteiger partial charge in [-0.1, -0.05) is 0 Å². The quantitative estimate of drug-likeness (QED) is 0.844. The van der Waals surface area contributed by atoms with Crippen molar-refractivity contribution in [3.8, 4) is 0 Å². The molecule has 1 heterocycles. The van der Waals surface area contributed by atoms with Crippen LogP contribution in [0.15, 0.2) is 15.9 Å². The van der Waals surface area contributed by atoms with Gasteiger partial charge in [0.05, 0.1) is 0 Å². The third-order valence-corrected chi connectivity index (χ3v) is 3.82. The van der Waals surface area contributed by atoms with Crippen LogP contribution in [0, 0.1) is 0 Å². The molecular formula is C9H11BrF3NOS. The van der Waals surface area contributed by atoms with Crippen molar-refractivity contribution in [3.63, 3.8) is 0 Å². The number of thiophene rings is 1. The molecule has 0 radical (unpaired) electrons. The van der Waals surface area contributed by atoms with E-state index in [1.165, 1.54) is 11.3 Å². The molecule has 7 heteroatoms. The SMILES string of the molecule is NC(CCOCC(F)(F)F)c1sccc1Br. The molecule has 2 nitrogen and oxygen atoms in total. The summed E-state index contributed by atoms with van der Waals surface area (Å²) in [4.78, 5) is 0.926. The van der Waals surface area contributed by atoms with Crippen molar-refractivity contribution in [3.05, 3.63) is 20.8 Å². The van der Waals surface area contributed by atoms with Crippen molar-refractivity contribution in [2.75, 3.05) is 13.2 Å². The summed E-state index contributed by atoms with van der Waals surface area (Å²) in [7, 11) is 0. The molecular weight excluding hydrogens is 307 g/mol. The summed E-state index contributed by atoms with van der Waals surface area (Å²) >= 11 is 4.79. The van der Waals surface area contributed by atoms with Gasteiger partial charge in [0.1, 0.15) is 6.61 Å². The first-order chi connectivity index (χ1) is 7.40. The monoisotopic (exact) mass is 317 g/mol. The van der Waals surface area contributed by atoms with E-state index in [2.05, 4.69) is 20.7 Å². The highest BCUT2D eigenvalue weighted by Gasteiger charge is 2.27. The maximum absolute atomic E-state index is 11.8. The number of nitrogens with two attached hydrogens (primary N) is 1. The first kappa shape index (κ1) is 14.0. The van der Waals surface area contributed by atoms with Crippen LogP contribution in [0.25, 0.3) is 0 Å². The van der Waals surface area contributed by atoms with Gasteiger partial charge in [-0.25, -0.2) is 0 Å². The van der Waals surface area contributed by atoms with Crippen LogP contribution in [0.4, 0.5) is 13.2 Å². The molecule has 0 fully saturated rings. The Morgan fingerprint density at radius 3 is 2.69 bits per heavy atom. The van der Waals surface area contributed by atoms with E-state index in [0.29, 0.717) is 6.42 Å². The Balaban J connectivity index is 2.26. The molecule has 1 aromatic rings. The van der Waals surface area contributed by atoms with Crippen LogP contribution in [-0.2, 0) is 4.74 Å².